The summed E-state index contributed by atoms with van der Waals surface area (Å²) in [6.07, 6.45) is 3.81. The lowest BCUT2D eigenvalue weighted by Gasteiger charge is -2.23. The lowest BCUT2D eigenvalue weighted by atomic mass is 10.0. The van der Waals surface area contributed by atoms with Crippen LogP contribution in [0.2, 0.25) is 0 Å². The number of carbonyl (C=O) groups excluding carboxylic acids is 1. The first-order valence-electron chi connectivity index (χ1n) is 5.63. The minimum Gasteiger partial charge on any atom is -0.326 e. The molecule has 17 heavy (non-hydrogen) atoms. The summed E-state index contributed by atoms with van der Waals surface area (Å²) < 4.78 is 0. The number of pyridine rings is 1. The van der Waals surface area contributed by atoms with Gasteiger partial charge in [0.1, 0.15) is 6.04 Å². The third-order valence-electron chi connectivity index (χ3n) is 2.54. The van der Waals surface area contributed by atoms with E-state index in [4.69, 9.17) is 5.26 Å². The van der Waals surface area contributed by atoms with Crippen molar-refractivity contribution in [3.63, 3.8) is 0 Å². The second-order valence-corrected chi connectivity index (χ2v) is 4.43. The van der Waals surface area contributed by atoms with Crippen LogP contribution in [0.25, 0.3) is 0 Å². The molecular formula is C13H17N3O. The van der Waals surface area contributed by atoms with Crippen molar-refractivity contribution in [2.75, 3.05) is 7.05 Å². The van der Waals surface area contributed by atoms with E-state index in [1.165, 1.54) is 11.1 Å². The second-order valence-electron chi connectivity index (χ2n) is 4.43. The Morgan fingerprint density at radius 2 is 2.29 bits per heavy atom. The molecule has 1 atom stereocenters. The number of hydrogen-bond acceptors (Lipinski definition) is 3. The Labute approximate surface area is 102 Å². The summed E-state index contributed by atoms with van der Waals surface area (Å²) in [5.41, 5.74) is 0.513. The minimum atomic E-state index is -0.386. The van der Waals surface area contributed by atoms with Crippen LogP contribution in [0.4, 0.5) is 0 Å². The SMILES string of the molecule is CC(C)CC(C#N)N(C)C(=O)c1cccnc1. The van der Waals surface area contributed by atoms with Crippen molar-refractivity contribution in [3.05, 3.63) is 30.1 Å². The molecule has 0 aliphatic rings. The molecule has 0 aliphatic carbocycles. The number of amides is 1. The maximum atomic E-state index is 12.1. The summed E-state index contributed by atoms with van der Waals surface area (Å²) in [6, 6.07) is 5.20. The van der Waals surface area contributed by atoms with Gasteiger partial charge in [-0.3, -0.25) is 9.78 Å². The Morgan fingerprint density at radius 3 is 2.76 bits per heavy atom. The number of rotatable bonds is 4. The third-order valence-corrected chi connectivity index (χ3v) is 2.54. The van der Waals surface area contributed by atoms with Gasteiger partial charge in [-0.15, -0.1) is 0 Å². The Morgan fingerprint density at radius 1 is 1.59 bits per heavy atom. The minimum absolute atomic E-state index is 0.162. The van der Waals surface area contributed by atoms with Crippen LogP contribution in [0.5, 0.6) is 0 Å². The topological polar surface area (TPSA) is 57.0 Å². The van der Waals surface area contributed by atoms with Crippen molar-refractivity contribution in [2.45, 2.75) is 26.3 Å². The quantitative estimate of drug-likeness (QED) is 0.797. The van der Waals surface area contributed by atoms with Crippen LogP contribution in [0.1, 0.15) is 30.6 Å². The van der Waals surface area contributed by atoms with Crippen LogP contribution in [0.15, 0.2) is 24.5 Å². The van der Waals surface area contributed by atoms with Gasteiger partial charge in [-0.05, 0) is 24.5 Å². The first kappa shape index (κ1) is 13.2. The standard InChI is InChI=1S/C13H17N3O/c1-10(2)7-12(8-14)16(3)13(17)11-5-4-6-15-9-11/h4-6,9-10,12H,7H2,1-3H3. The molecule has 0 bridgehead atoms. The normalized spacial score (nSPS) is 11.9. The average molecular weight is 231 g/mol. The van der Waals surface area contributed by atoms with Crippen LogP contribution in [-0.2, 0) is 0 Å². The van der Waals surface area contributed by atoms with E-state index < -0.39 is 0 Å². The smallest absolute Gasteiger partial charge is 0.256 e. The van der Waals surface area contributed by atoms with Crippen molar-refractivity contribution in [1.29, 1.82) is 5.26 Å². The van der Waals surface area contributed by atoms with Crippen LogP contribution >= 0.6 is 0 Å². The van der Waals surface area contributed by atoms with Gasteiger partial charge in [-0.1, -0.05) is 13.8 Å². The van der Waals surface area contributed by atoms with Crippen molar-refractivity contribution >= 4 is 5.91 Å². The van der Waals surface area contributed by atoms with Crippen LogP contribution < -0.4 is 0 Å². The number of carbonyl (C=O) groups is 1. The number of nitrogens with zero attached hydrogens (tertiary/aromatic N) is 3. The van der Waals surface area contributed by atoms with Crippen molar-refractivity contribution in [2.24, 2.45) is 5.92 Å². The van der Waals surface area contributed by atoms with E-state index in [0.29, 0.717) is 17.9 Å². The van der Waals surface area contributed by atoms with Gasteiger partial charge < -0.3 is 4.90 Å². The van der Waals surface area contributed by atoms with E-state index in [9.17, 15) is 4.79 Å². The highest BCUT2D eigenvalue weighted by Gasteiger charge is 2.21. The molecule has 90 valence electrons. The molecule has 0 radical (unpaired) electrons. The van der Waals surface area contributed by atoms with Crippen LogP contribution in [0.3, 0.4) is 0 Å². The van der Waals surface area contributed by atoms with Gasteiger partial charge in [0.25, 0.3) is 5.91 Å². The Bertz CT molecular complexity index is 408. The van der Waals surface area contributed by atoms with Gasteiger partial charge in [0, 0.05) is 19.4 Å². The van der Waals surface area contributed by atoms with E-state index in [0.717, 1.165) is 0 Å². The zero-order chi connectivity index (χ0) is 12.8. The van der Waals surface area contributed by atoms with Gasteiger partial charge >= 0.3 is 0 Å². The lowest BCUT2D eigenvalue weighted by molar-refractivity contribution is 0.0751. The van der Waals surface area contributed by atoms with Crippen molar-refractivity contribution < 1.29 is 4.79 Å². The summed E-state index contributed by atoms with van der Waals surface area (Å²) in [5.74, 6) is 0.217. The second kappa shape index (κ2) is 6.00. The molecule has 1 heterocycles. The lowest BCUT2D eigenvalue weighted by Crippen LogP contribution is -2.37. The highest BCUT2D eigenvalue weighted by molar-refractivity contribution is 5.94. The summed E-state index contributed by atoms with van der Waals surface area (Å²) >= 11 is 0. The molecule has 0 N–H and O–H groups in total. The predicted octanol–water partition coefficient (Wildman–Crippen LogP) is 2.09. The Balaban J connectivity index is 2.79. The number of nitriles is 1. The van der Waals surface area contributed by atoms with E-state index >= 15 is 0 Å². The molecule has 0 saturated carbocycles. The summed E-state index contributed by atoms with van der Waals surface area (Å²) in [6.45, 7) is 4.07. The zero-order valence-corrected chi connectivity index (χ0v) is 10.4. The molecule has 0 fully saturated rings. The highest BCUT2D eigenvalue weighted by atomic mass is 16.2. The summed E-state index contributed by atoms with van der Waals surface area (Å²) in [4.78, 5) is 17.4. The molecule has 1 aromatic rings. The molecule has 1 amide bonds. The molecule has 1 unspecified atom stereocenters. The highest BCUT2D eigenvalue weighted by Crippen LogP contribution is 2.12. The Kier molecular flexibility index (Phi) is 4.65. The van der Waals surface area contributed by atoms with Gasteiger partial charge in [-0.2, -0.15) is 5.26 Å². The fourth-order valence-electron chi connectivity index (χ4n) is 1.58. The Hall–Kier alpha value is -1.89. The molecule has 0 aromatic carbocycles. The molecule has 4 nitrogen and oxygen atoms in total. The summed E-state index contributed by atoms with van der Waals surface area (Å²) in [5, 5.41) is 9.08. The summed E-state index contributed by atoms with van der Waals surface area (Å²) in [7, 11) is 1.66. The molecular weight excluding hydrogens is 214 g/mol. The van der Waals surface area contributed by atoms with Crippen molar-refractivity contribution in [1.82, 2.24) is 9.88 Å². The fraction of sp³-hybridized carbons (Fsp3) is 0.462. The molecule has 4 heteroatoms. The maximum Gasteiger partial charge on any atom is 0.256 e. The van der Waals surface area contributed by atoms with E-state index in [2.05, 4.69) is 11.1 Å². The molecule has 0 spiro atoms. The first-order chi connectivity index (χ1) is 8.06. The number of hydrogen-bond donors (Lipinski definition) is 0. The monoisotopic (exact) mass is 231 g/mol. The maximum absolute atomic E-state index is 12.1. The molecule has 0 saturated heterocycles. The molecule has 1 rings (SSSR count). The van der Waals surface area contributed by atoms with Gasteiger partial charge in [0.15, 0.2) is 0 Å². The fourth-order valence-corrected chi connectivity index (χ4v) is 1.58. The first-order valence-corrected chi connectivity index (χ1v) is 5.63. The van der Waals surface area contributed by atoms with Crippen LogP contribution in [0, 0.1) is 17.2 Å². The van der Waals surface area contributed by atoms with E-state index in [1.807, 2.05) is 13.8 Å². The molecule has 1 aromatic heterocycles. The largest absolute Gasteiger partial charge is 0.326 e. The average Bonchev–Trinajstić information content (AvgIpc) is 2.35. The number of aromatic nitrogens is 1. The van der Waals surface area contributed by atoms with Crippen molar-refractivity contribution in [3.8, 4) is 6.07 Å². The van der Waals surface area contributed by atoms with E-state index in [-0.39, 0.29) is 11.9 Å². The van der Waals surface area contributed by atoms with Gasteiger partial charge in [-0.25, -0.2) is 0 Å². The third kappa shape index (κ3) is 3.56. The van der Waals surface area contributed by atoms with Gasteiger partial charge in [0.2, 0.25) is 0 Å². The zero-order valence-electron chi connectivity index (χ0n) is 10.4. The van der Waals surface area contributed by atoms with Gasteiger partial charge in [0.05, 0.1) is 11.6 Å². The van der Waals surface area contributed by atoms with Crippen LogP contribution in [-0.4, -0.2) is 28.9 Å². The van der Waals surface area contributed by atoms with E-state index in [1.54, 1.807) is 25.4 Å². The predicted molar refractivity (Wildman–Crippen MR) is 65.2 cm³/mol. The molecule has 0 aliphatic heterocycles.